The number of anilines is 1. The van der Waals surface area contributed by atoms with E-state index in [-0.39, 0.29) is 25.5 Å². The summed E-state index contributed by atoms with van der Waals surface area (Å²) in [4.78, 5) is 52.5. The zero-order valence-electron chi connectivity index (χ0n) is 22.6. The van der Waals surface area contributed by atoms with E-state index in [1.165, 1.54) is 10.8 Å². The average Bonchev–Trinajstić information content (AvgIpc) is 2.93. The molecule has 0 radical (unpaired) electrons. The van der Waals surface area contributed by atoms with Crippen molar-refractivity contribution < 1.29 is 23.9 Å². The Kier molecular flexibility index (Phi) is 14.7. The number of primary amides is 1. The van der Waals surface area contributed by atoms with E-state index in [9.17, 15) is 19.2 Å². The van der Waals surface area contributed by atoms with Crippen LogP contribution in [0.1, 0.15) is 32.3 Å². The monoisotopic (exact) mass is 591 g/mol. The molecule has 1 aromatic heterocycles. The minimum atomic E-state index is -0.862. The highest BCUT2D eigenvalue weighted by Gasteiger charge is 2.25. The van der Waals surface area contributed by atoms with Gasteiger partial charge in [0.25, 0.3) is 0 Å². The summed E-state index contributed by atoms with van der Waals surface area (Å²) >= 11 is 0. The topological polar surface area (TPSA) is 191 Å². The number of alkyl carbamates (subject to hydrolysis) is 1. The zero-order valence-corrected chi connectivity index (χ0v) is 24.2. The van der Waals surface area contributed by atoms with Crippen LogP contribution in [0.25, 0.3) is 0 Å². The summed E-state index contributed by atoms with van der Waals surface area (Å²) < 4.78 is 5.25. The fourth-order valence-electron chi connectivity index (χ4n) is 3.16. The Morgan fingerprint density at radius 1 is 1.00 bits per heavy atom. The van der Waals surface area contributed by atoms with Gasteiger partial charge in [0.05, 0.1) is 6.04 Å². The van der Waals surface area contributed by atoms with E-state index in [0.717, 1.165) is 10.6 Å². The summed E-state index contributed by atoms with van der Waals surface area (Å²) in [7, 11) is 3.12. The van der Waals surface area contributed by atoms with Crippen molar-refractivity contribution in [2.45, 2.75) is 50.4 Å². The van der Waals surface area contributed by atoms with Crippen LogP contribution in [0.2, 0.25) is 0 Å². The molecule has 2 aromatic rings. The number of rotatable bonds is 16. The molecule has 14 heteroatoms. The summed E-state index contributed by atoms with van der Waals surface area (Å²) in [5, 5.41) is 11.5. The van der Waals surface area contributed by atoms with Crippen LogP contribution < -0.4 is 32.7 Å². The van der Waals surface area contributed by atoms with Crippen molar-refractivity contribution in [3.05, 3.63) is 54.2 Å². The van der Waals surface area contributed by atoms with Gasteiger partial charge >= 0.3 is 12.1 Å². The second-order valence-electron chi connectivity index (χ2n) is 9.03. The van der Waals surface area contributed by atoms with Gasteiger partial charge in [0.1, 0.15) is 17.7 Å². The van der Waals surface area contributed by atoms with Crippen LogP contribution in [0.5, 0.6) is 0 Å². The third-order valence-corrected chi connectivity index (χ3v) is 7.72. The molecule has 0 bridgehead atoms. The number of pyridine rings is 1. The largest absolute Gasteiger partial charge is 0.445 e. The van der Waals surface area contributed by atoms with Gasteiger partial charge in [0, 0.05) is 30.7 Å². The van der Waals surface area contributed by atoms with E-state index in [1.807, 2.05) is 32.0 Å². The number of hydrogen-bond donors (Lipinski definition) is 6. The Morgan fingerprint density at radius 3 is 2.40 bits per heavy atom. The predicted molar refractivity (Wildman–Crippen MR) is 157 cm³/mol. The normalized spacial score (nSPS) is 12.2. The first-order valence-electron chi connectivity index (χ1n) is 12.8. The molecule has 0 unspecified atom stereocenters. The van der Waals surface area contributed by atoms with Crippen molar-refractivity contribution in [3.63, 3.8) is 0 Å². The van der Waals surface area contributed by atoms with Gasteiger partial charge in [-0.05, 0) is 59.4 Å². The average molecular weight is 592 g/mol. The maximum Gasteiger partial charge on any atom is 0.407 e. The van der Waals surface area contributed by atoms with Crippen molar-refractivity contribution in [3.8, 4) is 0 Å². The predicted octanol–water partition coefficient (Wildman–Crippen LogP) is 2.60. The number of carbonyl (C=O) groups is 4. The fourth-order valence-corrected chi connectivity index (χ4v) is 4.95. The highest BCUT2D eigenvalue weighted by atomic mass is 33.1. The summed E-state index contributed by atoms with van der Waals surface area (Å²) in [6.45, 7) is 4.40. The Hall–Kier alpha value is -3.49. The van der Waals surface area contributed by atoms with Crippen molar-refractivity contribution in [1.29, 1.82) is 0 Å². The second kappa shape index (κ2) is 18.0. The molecule has 0 aliphatic heterocycles. The molecule has 5 amide bonds. The van der Waals surface area contributed by atoms with E-state index < -0.39 is 36.0 Å². The van der Waals surface area contributed by atoms with Gasteiger partial charge in [0.15, 0.2) is 0 Å². The maximum absolute atomic E-state index is 12.9. The highest BCUT2D eigenvalue weighted by molar-refractivity contribution is 8.76. The van der Waals surface area contributed by atoms with E-state index in [2.05, 4.69) is 26.3 Å². The fraction of sp³-hybridized carbons (Fsp3) is 0.423. The maximum atomic E-state index is 12.9. The number of urea groups is 1. The molecular weight excluding hydrogens is 554 g/mol. The molecule has 0 aliphatic rings. The number of nitrogens with one attached hydrogen (secondary N) is 4. The lowest BCUT2D eigenvalue weighted by molar-refractivity contribution is -0.128. The van der Waals surface area contributed by atoms with Gasteiger partial charge in [0.2, 0.25) is 11.8 Å². The molecule has 0 saturated carbocycles. The lowest BCUT2D eigenvalue weighted by Gasteiger charge is -2.22. The van der Waals surface area contributed by atoms with Gasteiger partial charge in [-0.1, -0.05) is 42.8 Å². The molecule has 218 valence electrons. The van der Waals surface area contributed by atoms with Crippen molar-refractivity contribution >= 4 is 51.2 Å². The number of hydrogen-bond acceptors (Lipinski definition) is 9. The SMILES string of the molecule is CC(C)[C@H](N)C(=O)N[C@@H](CCCNC(N)=O)C(=O)Nc1ccc(COC(=O)NCCSSc2ccccn2)cc1. The molecular formula is C26H37N7O5S2. The van der Waals surface area contributed by atoms with Crippen LogP contribution in [-0.2, 0) is 20.9 Å². The number of nitrogens with zero attached hydrogens (tertiary/aromatic N) is 1. The minimum Gasteiger partial charge on any atom is -0.445 e. The van der Waals surface area contributed by atoms with Crippen LogP contribution in [-0.4, -0.2) is 59.8 Å². The molecule has 2 atom stereocenters. The van der Waals surface area contributed by atoms with Crippen molar-refractivity contribution in [2.24, 2.45) is 17.4 Å². The Morgan fingerprint density at radius 2 is 1.75 bits per heavy atom. The van der Waals surface area contributed by atoms with Gasteiger partial charge in [-0.2, -0.15) is 0 Å². The third kappa shape index (κ3) is 13.0. The molecule has 0 spiro atoms. The van der Waals surface area contributed by atoms with Gasteiger partial charge in [-0.15, -0.1) is 0 Å². The molecule has 12 nitrogen and oxygen atoms in total. The molecule has 0 aliphatic carbocycles. The summed E-state index contributed by atoms with van der Waals surface area (Å²) in [5.74, 6) is -0.274. The third-order valence-electron chi connectivity index (χ3n) is 5.45. The van der Waals surface area contributed by atoms with E-state index in [4.69, 9.17) is 16.2 Å². The molecule has 40 heavy (non-hydrogen) atoms. The molecule has 2 rings (SSSR count). The molecule has 0 fully saturated rings. The van der Waals surface area contributed by atoms with Gasteiger partial charge < -0.3 is 37.5 Å². The Balaban J connectivity index is 1.78. The zero-order chi connectivity index (χ0) is 29.3. The van der Waals surface area contributed by atoms with Crippen molar-refractivity contribution in [1.82, 2.24) is 20.9 Å². The quantitative estimate of drug-likeness (QED) is 0.126. The summed E-state index contributed by atoms with van der Waals surface area (Å²) in [5.41, 5.74) is 12.2. The first-order chi connectivity index (χ1) is 19.2. The van der Waals surface area contributed by atoms with E-state index in [1.54, 1.807) is 41.3 Å². The number of benzene rings is 1. The minimum absolute atomic E-state index is 0.0640. The Bertz CT molecular complexity index is 1090. The van der Waals surface area contributed by atoms with Crippen LogP contribution in [0, 0.1) is 5.92 Å². The molecule has 8 N–H and O–H groups in total. The standard InChI is InChI=1S/C26H37N7O5S2/c1-17(2)22(27)24(35)33-20(6-5-13-30-25(28)36)23(34)32-19-10-8-18(9-11-19)16-38-26(37)31-14-15-39-40-21-7-3-4-12-29-21/h3-4,7-12,17,20,22H,5-6,13-16,27H2,1-2H3,(H,31,37)(H,32,34)(H,33,35)(H3,28,30,36)/t20-,22-/m0/s1. The van der Waals surface area contributed by atoms with Gasteiger partial charge in [-0.25, -0.2) is 14.6 Å². The number of aromatic nitrogens is 1. The lowest BCUT2D eigenvalue weighted by atomic mass is 10.0. The first kappa shape index (κ1) is 32.7. The van der Waals surface area contributed by atoms with Crippen LogP contribution >= 0.6 is 21.6 Å². The van der Waals surface area contributed by atoms with Crippen molar-refractivity contribution in [2.75, 3.05) is 24.2 Å². The molecule has 0 saturated heterocycles. The molecule has 1 aromatic carbocycles. The van der Waals surface area contributed by atoms with Crippen LogP contribution in [0.4, 0.5) is 15.3 Å². The van der Waals surface area contributed by atoms with Gasteiger partial charge in [-0.3, -0.25) is 9.59 Å². The van der Waals surface area contributed by atoms with Crippen LogP contribution in [0.15, 0.2) is 53.7 Å². The number of nitrogens with two attached hydrogens (primary N) is 2. The number of carbonyl (C=O) groups excluding carboxylic acids is 4. The number of amides is 5. The number of ether oxygens (including phenoxy) is 1. The van der Waals surface area contributed by atoms with Crippen LogP contribution in [0.3, 0.4) is 0 Å². The highest BCUT2D eigenvalue weighted by Crippen LogP contribution is 2.28. The second-order valence-corrected chi connectivity index (χ2v) is 11.5. The molecule has 1 heterocycles. The first-order valence-corrected chi connectivity index (χ1v) is 15.1. The summed E-state index contributed by atoms with van der Waals surface area (Å²) in [6.07, 6.45) is 1.89. The van der Waals surface area contributed by atoms with E-state index >= 15 is 0 Å². The lowest BCUT2D eigenvalue weighted by Crippen LogP contribution is -2.51. The smallest absolute Gasteiger partial charge is 0.407 e. The van der Waals surface area contributed by atoms with E-state index in [0.29, 0.717) is 24.4 Å². The summed E-state index contributed by atoms with van der Waals surface area (Å²) in [6, 6.07) is 10.2. The Labute approximate surface area is 241 Å².